The van der Waals surface area contributed by atoms with Crippen molar-refractivity contribution >= 4 is 15.6 Å². The number of hydrogen-bond donors (Lipinski definition) is 0. The molecule has 5 aromatic carbocycles. The highest BCUT2D eigenvalue weighted by Gasteiger charge is 2.73. The van der Waals surface area contributed by atoms with Crippen molar-refractivity contribution in [1.29, 1.82) is 0 Å². The number of fused-ring (bicyclic) bond motifs is 2. The highest BCUT2D eigenvalue weighted by Crippen LogP contribution is 2.64. The Kier molecular flexibility index (Phi) is 13.6. The van der Waals surface area contributed by atoms with Crippen LogP contribution in [0.15, 0.2) is 152 Å². The third-order valence-electron chi connectivity index (χ3n) is 9.58. The highest BCUT2D eigenvalue weighted by atomic mass is 31.2. The first-order valence-corrected chi connectivity index (χ1v) is 21.6. The van der Waals surface area contributed by atoms with Gasteiger partial charge in [-0.3, -0.25) is 22.6 Å². The molecule has 2 aliphatic rings. The molecule has 0 spiro atoms. The zero-order valence-electron chi connectivity index (χ0n) is 31.1. The normalized spacial score (nSPS) is 21.9. The predicted octanol–water partition coefficient (Wildman–Crippen LogP) is 11.0. The molecule has 2 fully saturated rings. The lowest BCUT2D eigenvalue weighted by molar-refractivity contribution is -0.412. The number of ether oxygens (including phenoxy) is 2. The number of benzene rings is 5. The molecule has 0 radical (unpaired) electrons. The average Bonchev–Trinajstić information content (AvgIpc) is 3.25. The van der Waals surface area contributed by atoms with Gasteiger partial charge in [0, 0.05) is 6.42 Å². The molecule has 0 aromatic heterocycles. The van der Waals surface area contributed by atoms with Gasteiger partial charge in [0.05, 0.1) is 39.1 Å². The molecule has 2 aliphatic heterocycles. The maximum Gasteiger partial charge on any atom is 0.478 e. The molecule has 0 amide bonds. The summed E-state index contributed by atoms with van der Waals surface area (Å²) in [6.45, 7) is -1.22. The van der Waals surface area contributed by atoms with Gasteiger partial charge in [-0.05, 0) is 40.7 Å². The second-order valence-corrected chi connectivity index (χ2v) is 16.9. The number of hydrogen-bond acceptors (Lipinski definition) is 10. The van der Waals surface area contributed by atoms with E-state index in [0.717, 1.165) is 0 Å². The van der Waals surface area contributed by atoms with Crippen molar-refractivity contribution in [3.63, 3.8) is 0 Å². The molecule has 2 saturated heterocycles. The van der Waals surface area contributed by atoms with Gasteiger partial charge in [-0.1, -0.05) is 152 Å². The summed E-state index contributed by atoms with van der Waals surface area (Å²) in [6.07, 6.45) is -5.16. The molecule has 4 atom stereocenters. The summed E-state index contributed by atoms with van der Waals surface area (Å²) in [6, 6.07) is 44.1. The second kappa shape index (κ2) is 18.8. The standard InChI is InChI=1S/C43H44F2O10P2/c44-43(45)41(48-29-34-17-6-1-7-18-34)40(54-56(46,49-30-35-19-8-2-9-20-35)50-31-36-21-10-3-11-22-36)39-27-16-28-42(43,53-39)55-57(47,51-32-37-23-12-4-13-24-37)52-33-38-25-14-5-15-26-38/h1-15,17-26,39-41H,16,27-33H2/t39-,40-,41-,42-/m1/s1. The Balaban J connectivity index is 1.21. The van der Waals surface area contributed by atoms with Gasteiger partial charge in [0.25, 0.3) is 0 Å². The summed E-state index contributed by atoms with van der Waals surface area (Å²) in [5.41, 5.74) is 3.11. The first kappa shape index (κ1) is 41.3. The van der Waals surface area contributed by atoms with Crippen molar-refractivity contribution in [2.45, 2.75) is 82.3 Å². The van der Waals surface area contributed by atoms with Crippen LogP contribution in [0.2, 0.25) is 0 Å². The number of phosphoric ester groups is 2. The summed E-state index contributed by atoms with van der Waals surface area (Å²) in [4.78, 5) is 0. The number of alkyl halides is 2. The van der Waals surface area contributed by atoms with E-state index in [1.807, 2.05) is 12.1 Å². The molecular weight excluding hydrogens is 776 g/mol. The van der Waals surface area contributed by atoms with Gasteiger partial charge in [0.2, 0.25) is 5.79 Å². The first-order chi connectivity index (χ1) is 27.6. The van der Waals surface area contributed by atoms with Crippen molar-refractivity contribution in [1.82, 2.24) is 0 Å². The van der Waals surface area contributed by atoms with E-state index in [1.54, 1.807) is 140 Å². The van der Waals surface area contributed by atoms with Gasteiger partial charge in [-0.25, -0.2) is 13.7 Å². The fourth-order valence-electron chi connectivity index (χ4n) is 6.63. The minimum atomic E-state index is -4.83. The van der Waals surface area contributed by atoms with Crippen LogP contribution >= 0.6 is 15.6 Å². The van der Waals surface area contributed by atoms with Crippen LogP contribution in [0.5, 0.6) is 0 Å². The van der Waals surface area contributed by atoms with E-state index in [9.17, 15) is 9.13 Å². The van der Waals surface area contributed by atoms with E-state index in [4.69, 9.17) is 36.6 Å². The zero-order chi connectivity index (χ0) is 39.6. The molecule has 0 saturated carbocycles. The SMILES string of the molecule is O=P(OCc1ccccc1)(OCc1ccccc1)O[C@H]1[C@@H](OCc2ccccc2)C(F)(F)[C@]2(OP(=O)(OCc3ccccc3)OCc3ccccc3)CCC[C@H]1O2. The third kappa shape index (κ3) is 10.6. The van der Waals surface area contributed by atoms with Crippen molar-refractivity contribution in [2.24, 2.45) is 0 Å². The minimum absolute atomic E-state index is 0.128. The summed E-state index contributed by atoms with van der Waals surface area (Å²) in [7, 11) is -9.48. The Hall–Kier alpha value is -3.90. The molecular formula is C43H44F2O10P2. The second-order valence-electron chi connectivity index (χ2n) is 13.7. The van der Waals surface area contributed by atoms with Crippen LogP contribution in [0.3, 0.4) is 0 Å². The Labute approximate surface area is 331 Å². The number of rotatable bonds is 19. The van der Waals surface area contributed by atoms with Crippen LogP contribution in [0.1, 0.15) is 47.1 Å². The summed E-state index contributed by atoms with van der Waals surface area (Å²) < 4.78 is 112. The van der Waals surface area contributed by atoms with Crippen molar-refractivity contribution in [2.75, 3.05) is 0 Å². The van der Waals surface area contributed by atoms with E-state index in [2.05, 4.69) is 0 Å². The molecule has 0 unspecified atom stereocenters. The molecule has 10 nitrogen and oxygen atoms in total. The molecule has 300 valence electrons. The number of phosphoric acid groups is 2. The third-order valence-corrected chi connectivity index (χ3v) is 12.4. The van der Waals surface area contributed by atoms with Gasteiger partial charge in [0.15, 0.2) is 6.10 Å². The van der Waals surface area contributed by atoms with E-state index >= 15 is 8.78 Å². The fourth-order valence-corrected chi connectivity index (χ4v) is 9.40. The van der Waals surface area contributed by atoms with Gasteiger partial charge < -0.3 is 9.47 Å². The first-order valence-electron chi connectivity index (χ1n) is 18.7. The van der Waals surface area contributed by atoms with Crippen LogP contribution < -0.4 is 0 Å². The molecule has 0 aliphatic carbocycles. The van der Waals surface area contributed by atoms with Gasteiger partial charge in [-0.15, -0.1) is 0 Å². The monoisotopic (exact) mass is 820 g/mol. The van der Waals surface area contributed by atoms with Crippen molar-refractivity contribution in [3.05, 3.63) is 179 Å². The maximum atomic E-state index is 17.6. The molecule has 14 heteroatoms. The highest BCUT2D eigenvalue weighted by molar-refractivity contribution is 7.48. The Morgan fingerprint density at radius 1 is 0.544 bits per heavy atom. The number of halogens is 2. The lowest BCUT2D eigenvalue weighted by Crippen LogP contribution is -2.71. The fraction of sp³-hybridized carbons (Fsp3) is 0.302. The molecule has 7 rings (SSSR count). The average molecular weight is 821 g/mol. The molecule has 57 heavy (non-hydrogen) atoms. The van der Waals surface area contributed by atoms with Gasteiger partial charge in [0.1, 0.15) is 6.10 Å². The summed E-state index contributed by atoms with van der Waals surface area (Å²) in [5, 5.41) is 0. The molecule has 5 aromatic rings. The molecule has 2 heterocycles. The van der Waals surface area contributed by atoms with Gasteiger partial charge >= 0.3 is 21.6 Å². The van der Waals surface area contributed by atoms with Crippen LogP contribution in [0, 0.1) is 0 Å². The molecule has 2 bridgehead atoms. The van der Waals surface area contributed by atoms with Crippen LogP contribution in [-0.4, -0.2) is 30.0 Å². The maximum absolute atomic E-state index is 17.6. The van der Waals surface area contributed by atoms with Gasteiger partial charge in [-0.2, -0.15) is 8.78 Å². The largest absolute Gasteiger partial charge is 0.478 e. The predicted molar refractivity (Wildman–Crippen MR) is 208 cm³/mol. The van der Waals surface area contributed by atoms with E-state index in [-0.39, 0.29) is 45.9 Å². The minimum Gasteiger partial charge on any atom is -0.364 e. The van der Waals surface area contributed by atoms with Crippen LogP contribution in [0.4, 0.5) is 8.78 Å². The zero-order valence-corrected chi connectivity index (χ0v) is 32.8. The van der Waals surface area contributed by atoms with E-state index < -0.39 is 52.1 Å². The van der Waals surface area contributed by atoms with Crippen molar-refractivity contribution in [3.8, 4) is 0 Å². The van der Waals surface area contributed by atoms with Crippen LogP contribution in [-0.2, 0) is 78.8 Å². The van der Waals surface area contributed by atoms with Crippen molar-refractivity contribution < 1.29 is 54.5 Å². The lowest BCUT2D eigenvalue weighted by Gasteiger charge is -2.54. The Bertz CT molecular complexity index is 1990. The quantitative estimate of drug-likeness (QED) is 0.0747. The smallest absolute Gasteiger partial charge is 0.364 e. The summed E-state index contributed by atoms with van der Waals surface area (Å²) in [5.74, 6) is -6.96. The summed E-state index contributed by atoms with van der Waals surface area (Å²) >= 11 is 0. The Morgan fingerprint density at radius 3 is 1.32 bits per heavy atom. The van der Waals surface area contributed by atoms with E-state index in [1.165, 1.54) is 0 Å². The Morgan fingerprint density at radius 2 is 0.912 bits per heavy atom. The topological polar surface area (TPSA) is 108 Å². The molecule has 0 N–H and O–H groups in total. The van der Waals surface area contributed by atoms with E-state index in [0.29, 0.717) is 27.8 Å². The lowest BCUT2D eigenvalue weighted by atomic mass is 9.82. The van der Waals surface area contributed by atoms with Crippen LogP contribution in [0.25, 0.3) is 0 Å².